The molecule has 0 aliphatic heterocycles. The molecule has 0 saturated carbocycles. The summed E-state index contributed by atoms with van der Waals surface area (Å²) in [6.45, 7) is 0. The molecule has 3 rings (SSSR count). The largest absolute Gasteiger partial charge is 0.273 e. The maximum atomic E-state index is 5.75. The van der Waals surface area contributed by atoms with E-state index in [1.807, 2.05) is 17.9 Å². The Hall–Kier alpha value is -1.65. The first-order chi connectivity index (χ1) is 9.29. The minimum Gasteiger partial charge on any atom is -0.273 e. The molecule has 0 amide bonds. The van der Waals surface area contributed by atoms with Gasteiger partial charge in [-0.2, -0.15) is 5.10 Å². The Labute approximate surface area is 113 Å². The fourth-order valence-corrected chi connectivity index (χ4v) is 3.01. The van der Waals surface area contributed by atoms with E-state index in [2.05, 4.69) is 40.9 Å². The fraction of sp³-hybridized carbons (Fsp3) is 0.400. The van der Waals surface area contributed by atoms with Crippen LogP contribution < -0.4 is 11.3 Å². The highest BCUT2D eigenvalue weighted by Crippen LogP contribution is 2.38. The summed E-state index contributed by atoms with van der Waals surface area (Å²) in [5.41, 5.74) is 7.17. The van der Waals surface area contributed by atoms with Crippen molar-refractivity contribution in [1.82, 2.24) is 15.2 Å². The lowest BCUT2D eigenvalue weighted by Gasteiger charge is -2.36. The summed E-state index contributed by atoms with van der Waals surface area (Å²) in [6.07, 6.45) is 5.02. The Morgan fingerprint density at radius 3 is 2.95 bits per heavy atom. The van der Waals surface area contributed by atoms with Crippen molar-refractivity contribution in [1.29, 1.82) is 0 Å². The second-order valence-electron chi connectivity index (χ2n) is 5.27. The summed E-state index contributed by atoms with van der Waals surface area (Å²) >= 11 is 0. The van der Waals surface area contributed by atoms with Crippen LogP contribution in [0, 0.1) is 0 Å². The Balaban J connectivity index is 1.65. The minimum atomic E-state index is 0.338. The summed E-state index contributed by atoms with van der Waals surface area (Å²) in [5.74, 6) is 6.30. The van der Waals surface area contributed by atoms with E-state index in [-0.39, 0.29) is 0 Å². The molecule has 4 heteroatoms. The molecule has 4 nitrogen and oxygen atoms in total. The van der Waals surface area contributed by atoms with Crippen molar-refractivity contribution in [3.05, 3.63) is 53.3 Å². The van der Waals surface area contributed by atoms with Gasteiger partial charge in [-0.1, -0.05) is 24.3 Å². The molecular weight excluding hydrogens is 236 g/mol. The van der Waals surface area contributed by atoms with E-state index in [1.165, 1.54) is 16.8 Å². The number of hydrazine groups is 1. The normalized spacial score (nSPS) is 18.7. The molecule has 2 atom stereocenters. The van der Waals surface area contributed by atoms with E-state index < -0.39 is 0 Å². The number of aryl methyl sites for hydroxylation is 2. The molecule has 1 heterocycles. The molecule has 1 aliphatic rings. The first-order valence-electron chi connectivity index (χ1n) is 6.80. The summed E-state index contributed by atoms with van der Waals surface area (Å²) in [7, 11) is 1.98. The van der Waals surface area contributed by atoms with Crippen LogP contribution >= 0.6 is 0 Å². The Morgan fingerprint density at radius 2 is 2.26 bits per heavy atom. The molecule has 1 aromatic carbocycles. The van der Waals surface area contributed by atoms with Gasteiger partial charge in [0, 0.05) is 30.9 Å². The molecule has 0 fully saturated rings. The molecule has 19 heavy (non-hydrogen) atoms. The first-order valence-corrected chi connectivity index (χ1v) is 6.80. The van der Waals surface area contributed by atoms with E-state index in [0.29, 0.717) is 12.0 Å². The predicted octanol–water partition coefficient (Wildman–Crippen LogP) is 1.52. The zero-order valence-corrected chi connectivity index (χ0v) is 11.2. The van der Waals surface area contributed by atoms with Crippen LogP contribution in [0.5, 0.6) is 0 Å². The third kappa shape index (κ3) is 2.29. The van der Waals surface area contributed by atoms with Gasteiger partial charge in [-0.25, -0.2) is 0 Å². The Morgan fingerprint density at radius 1 is 1.42 bits per heavy atom. The average Bonchev–Trinajstić information content (AvgIpc) is 2.80. The number of nitrogens with zero attached hydrogens (tertiary/aromatic N) is 2. The number of rotatable bonds is 5. The molecule has 2 unspecified atom stereocenters. The van der Waals surface area contributed by atoms with E-state index in [0.717, 1.165) is 19.3 Å². The van der Waals surface area contributed by atoms with Crippen molar-refractivity contribution in [2.75, 3.05) is 0 Å². The lowest BCUT2D eigenvalue weighted by molar-refractivity contribution is 0.382. The molecule has 0 radical (unpaired) electrons. The molecule has 0 saturated heterocycles. The van der Waals surface area contributed by atoms with Gasteiger partial charge < -0.3 is 0 Å². The van der Waals surface area contributed by atoms with Crippen LogP contribution in [0.25, 0.3) is 0 Å². The average molecular weight is 256 g/mol. The third-order valence-electron chi connectivity index (χ3n) is 4.23. The van der Waals surface area contributed by atoms with Crippen LogP contribution in [0.1, 0.15) is 29.2 Å². The number of nitrogens with one attached hydrogen (secondary N) is 1. The molecule has 2 aromatic rings. The number of hydrogen-bond donors (Lipinski definition) is 2. The number of aromatic nitrogens is 2. The van der Waals surface area contributed by atoms with Crippen molar-refractivity contribution in [3.8, 4) is 0 Å². The zero-order valence-electron chi connectivity index (χ0n) is 11.2. The molecule has 0 bridgehead atoms. The van der Waals surface area contributed by atoms with Crippen LogP contribution in [-0.4, -0.2) is 15.8 Å². The van der Waals surface area contributed by atoms with Gasteiger partial charge in [-0.3, -0.25) is 16.0 Å². The van der Waals surface area contributed by atoms with Crippen molar-refractivity contribution in [2.45, 2.75) is 31.2 Å². The SMILES string of the molecule is Cn1nccc1CCC(NN)C1Cc2ccccc21. The summed E-state index contributed by atoms with van der Waals surface area (Å²) in [6, 6.07) is 11.1. The Bertz CT molecular complexity index is 561. The van der Waals surface area contributed by atoms with Crippen LogP contribution in [0.2, 0.25) is 0 Å². The van der Waals surface area contributed by atoms with Gasteiger partial charge in [0.25, 0.3) is 0 Å². The highest BCUT2D eigenvalue weighted by Gasteiger charge is 2.31. The lowest BCUT2D eigenvalue weighted by Crippen LogP contribution is -2.44. The summed E-state index contributed by atoms with van der Waals surface area (Å²) in [5, 5.41) is 4.20. The molecule has 1 aromatic heterocycles. The second kappa shape index (κ2) is 5.15. The smallest absolute Gasteiger partial charge is 0.0492 e. The molecule has 100 valence electrons. The highest BCUT2D eigenvalue weighted by atomic mass is 15.3. The topological polar surface area (TPSA) is 55.9 Å². The summed E-state index contributed by atoms with van der Waals surface area (Å²) in [4.78, 5) is 0. The van der Waals surface area contributed by atoms with Crippen LogP contribution in [0.3, 0.4) is 0 Å². The number of benzene rings is 1. The van der Waals surface area contributed by atoms with Gasteiger partial charge in [0.2, 0.25) is 0 Å². The standard InChI is InChI=1S/C15H20N4/c1-19-12(8-9-17-19)6-7-15(18-16)14-10-11-4-2-3-5-13(11)14/h2-5,8-9,14-15,18H,6-7,10,16H2,1H3. The first kappa shape index (κ1) is 12.4. The molecule has 3 N–H and O–H groups in total. The maximum Gasteiger partial charge on any atom is 0.0492 e. The van der Waals surface area contributed by atoms with Crippen LogP contribution in [0.4, 0.5) is 0 Å². The number of nitrogens with two attached hydrogens (primary N) is 1. The Kier molecular flexibility index (Phi) is 3.36. The monoisotopic (exact) mass is 256 g/mol. The van der Waals surface area contributed by atoms with E-state index in [4.69, 9.17) is 5.84 Å². The fourth-order valence-electron chi connectivity index (χ4n) is 3.01. The van der Waals surface area contributed by atoms with Crippen LogP contribution in [-0.2, 0) is 19.9 Å². The van der Waals surface area contributed by atoms with E-state index in [1.54, 1.807) is 0 Å². The van der Waals surface area contributed by atoms with Crippen LogP contribution in [0.15, 0.2) is 36.5 Å². The lowest BCUT2D eigenvalue weighted by atomic mass is 9.72. The van der Waals surface area contributed by atoms with Crippen molar-refractivity contribution >= 4 is 0 Å². The van der Waals surface area contributed by atoms with Gasteiger partial charge in [0.05, 0.1) is 0 Å². The van der Waals surface area contributed by atoms with Crippen molar-refractivity contribution in [3.63, 3.8) is 0 Å². The van der Waals surface area contributed by atoms with E-state index in [9.17, 15) is 0 Å². The maximum absolute atomic E-state index is 5.75. The van der Waals surface area contributed by atoms with Gasteiger partial charge in [0.1, 0.15) is 0 Å². The van der Waals surface area contributed by atoms with Gasteiger partial charge in [-0.05, 0) is 36.5 Å². The molecule has 1 aliphatic carbocycles. The van der Waals surface area contributed by atoms with E-state index >= 15 is 0 Å². The number of hydrogen-bond acceptors (Lipinski definition) is 3. The highest BCUT2D eigenvalue weighted by molar-refractivity contribution is 5.41. The third-order valence-corrected chi connectivity index (χ3v) is 4.23. The summed E-state index contributed by atoms with van der Waals surface area (Å²) < 4.78 is 1.93. The molecule has 0 spiro atoms. The zero-order chi connectivity index (χ0) is 13.2. The number of fused-ring (bicyclic) bond motifs is 1. The van der Waals surface area contributed by atoms with Gasteiger partial charge >= 0.3 is 0 Å². The minimum absolute atomic E-state index is 0.338. The second-order valence-corrected chi connectivity index (χ2v) is 5.27. The predicted molar refractivity (Wildman–Crippen MR) is 75.5 cm³/mol. The van der Waals surface area contributed by atoms with Crippen molar-refractivity contribution < 1.29 is 0 Å². The molecular formula is C15H20N4. The van der Waals surface area contributed by atoms with Gasteiger partial charge in [0.15, 0.2) is 0 Å². The van der Waals surface area contributed by atoms with Crippen molar-refractivity contribution in [2.24, 2.45) is 12.9 Å². The quantitative estimate of drug-likeness (QED) is 0.630. The van der Waals surface area contributed by atoms with Gasteiger partial charge in [-0.15, -0.1) is 0 Å².